The molecule has 0 bridgehead atoms. The fourth-order valence-electron chi connectivity index (χ4n) is 8.09. The third-order valence-corrected chi connectivity index (χ3v) is 10.6. The first kappa shape index (κ1) is 31.1. The highest BCUT2D eigenvalue weighted by molar-refractivity contribution is 6.32. The number of amides is 2. The zero-order chi connectivity index (χ0) is 30.8. The number of fused-ring (bicyclic) bond motifs is 3. The zero-order valence-corrected chi connectivity index (χ0v) is 26.8. The number of hydrogen-bond acceptors (Lipinski definition) is 5. The second-order valence-corrected chi connectivity index (χ2v) is 13.4. The van der Waals surface area contributed by atoms with Crippen LogP contribution in [0.5, 0.6) is 5.75 Å². The number of carbonyl (C=O) groups excluding carboxylic acids is 2. The Morgan fingerprint density at radius 3 is 2.52 bits per heavy atom. The molecule has 7 heteroatoms. The number of benzene rings is 2. The number of piperidine rings is 1. The van der Waals surface area contributed by atoms with Crippen molar-refractivity contribution < 1.29 is 19.4 Å². The molecule has 4 atom stereocenters. The van der Waals surface area contributed by atoms with Crippen LogP contribution in [-0.4, -0.2) is 58.6 Å². The number of carbonyl (C=O) groups is 2. The maximum absolute atomic E-state index is 14.1. The first-order valence-electron chi connectivity index (χ1n) is 16.5. The van der Waals surface area contributed by atoms with E-state index >= 15 is 0 Å². The molecule has 3 heterocycles. The summed E-state index contributed by atoms with van der Waals surface area (Å²) < 4.78 is 6.47. The van der Waals surface area contributed by atoms with Gasteiger partial charge in [-0.25, -0.2) is 0 Å². The highest BCUT2D eigenvalue weighted by Gasteiger charge is 2.58. The minimum absolute atomic E-state index is 0.000480. The molecule has 2 aromatic rings. The summed E-state index contributed by atoms with van der Waals surface area (Å²) in [4.78, 5) is 32.1. The van der Waals surface area contributed by atoms with Gasteiger partial charge in [-0.15, -0.1) is 0 Å². The number of hydrogen-bond donors (Lipinski definition) is 1. The van der Waals surface area contributed by atoms with Crippen LogP contribution >= 0.6 is 11.6 Å². The minimum atomic E-state index is -0.289. The first-order valence-corrected chi connectivity index (χ1v) is 16.9. The topological polar surface area (TPSA) is 70.1 Å². The second-order valence-electron chi connectivity index (χ2n) is 13.0. The maximum atomic E-state index is 14.1. The summed E-state index contributed by atoms with van der Waals surface area (Å²) in [6, 6.07) is 15.6. The van der Waals surface area contributed by atoms with Gasteiger partial charge in [0.25, 0.3) is 0 Å². The number of allylic oxidation sites excluding steroid dienone is 2. The number of phenolic OH excluding ortho intramolecular Hbond substituents is 1. The summed E-state index contributed by atoms with van der Waals surface area (Å²) in [7, 11) is 0. The minimum Gasteiger partial charge on any atom is -0.508 e. The largest absolute Gasteiger partial charge is 0.508 e. The second kappa shape index (κ2) is 13.6. The molecule has 0 spiro atoms. The van der Waals surface area contributed by atoms with Gasteiger partial charge in [0, 0.05) is 31.6 Å². The number of ether oxygens (including phenoxy) is 1. The molecule has 1 N–H and O–H groups in total. The molecule has 4 aliphatic rings. The number of halogens is 1. The van der Waals surface area contributed by atoms with Crippen molar-refractivity contribution in [2.75, 3.05) is 19.7 Å². The van der Waals surface area contributed by atoms with Crippen molar-refractivity contribution in [2.45, 2.75) is 83.9 Å². The molecular weight excluding hydrogens is 572 g/mol. The predicted molar refractivity (Wildman–Crippen MR) is 174 cm³/mol. The van der Waals surface area contributed by atoms with Crippen LogP contribution in [0.15, 0.2) is 65.3 Å². The first-order chi connectivity index (χ1) is 21.4. The summed E-state index contributed by atoms with van der Waals surface area (Å²) in [6.45, 7) is 7.56. The van der Waals surface area contributed by atoms with Crippen molar-refractivity contribution in [2.24, 2.45) is 17.8 Å². The molecule has 3 fully saturated rings. The van der Waals surface area contributed by atoms with Gasteiger partial charge in [-0.1, -0.05) is 79.4 Å². The van der Waals surface area contributed by atoms with Gasteiger partial charge < -0.3 is 9.84 Å². The molecule has 0 saturated carbocycles. The van der Waals surface area contributed by atoms with Crippen molar-refractivity contribution in [3.05, 3.63) is 81.4 Å². The SMILES string of the molecule is CCCC1=C2[C@@H](CC/C(=C/c3ccc(O)cc3Cl)CC)OC[C@@H]2[C@@H]2C(=O)N(C3CCN(Cc4ccccc4)CC3)C(=O)[C@@H]2C1. The smallest absolute Gasteiger partial charge is 0.234 e. The average Bonchev–Trinajstić information content (AvgIpc) is 3.55. The number of nitrogens with zero attached hydrogens (tertiary/aromatic N) is 2. The summed E-state index contributed by atoms with van der Waals surface area (Å²) >= 11 is 6.39. The Morgan fingerprint density at radius 1 is 1.05 bits per heavy atom. The molecule has 234 valence electrons. The number of rotatable bonds is 10. The fraction of sp³-hybridized carbons (Fsp3) is 0.514. The fourth-order valence-corrected chi connectivity index (χ4v) is 8.32. The molecule has 2 amide bonds. The number of phenols is 1. The molecule has 3 aliphatic heterocycles. The monoisotopic (exact) mass is 616 g/mol. The van der Waals surface area contributed by atoms with E-state index in [0.717, 1.165) is 70.1 Å². The highest BCUT2D eigenvalue weighted by Crippen LogP contribution is 2.51. The average molecular weight is 617 g/mol. The van der Waals surface area contributed by atoms with E-state index < -0.39 is 0 Å². The molecule has 6 rings (SSSR count). The van der Waals surface area contributed by atoms with E-state index in [4.69, 9.17) is 16.3 Å². The maximum Gasteiger partial charge on any atom is 0.234 e. The molecule has 0 unspecified atom stereocenters. The Balaban J connectivity index is 1.14. The molecular formula is C37H45ClN2O4. The predicted octanol–water partition coefficient (Wildman–Crippen LogP) is 7.40. The van der Waals surface area contributed by atoms with Gasteiger partial charge in [0.1, 0.15) is 5.75 Å². The summed E-state index contributed by atoms with van der Waals surface area (Å²) in [5.74, 6) is -0.277. The number of imide groups is 1. The normalized spacial score (nSPS) is 26.4. The lowest BCUT2D eigenvalue weighted by molar-refractivity contribution is -0.144. The Labute approximate surface area is 266 Å². The van der Waals surface area contributed by atoms with E-state index in [1.807, 2.05) is 12.1 Å². The molecule has 44 heavy (non-hydrogen) atoms. The molecule has 0 radical (unpaired) electrons. The van der Waals surface area contributed by atoms with Gasteiger partial charge >= 0.3 is 0 Å². The van der Waals surface area contributed by atoms with Crippen LogP contribution in [0.4, 0.5) is 0 Å². The summed E-state index contributed by atoms with van der Waals surface area (Å²) in [5.41, 5.74) is 6.14. The van der Waals surface area contributed by atoms with E-state index in [-0.39, 0.29) is 47.5 Å². The van der Waals surface area contributed by atoms with Crippen molar-refractivity contribution in [3.63, 3.8) is 0 Å². The highest BCUT2D eigenvalue weighted by atomic mass is 35.5. The zero-order valence-electron chi connectivity index (χ0n) is 26.0. The van der Waals surface area contributed by atoms with Crippen LogP contribution in [0.2, 0.25) is 5.02 Å². The molecule has 6 nitrogen and oxygen atoms in total. The van der Waals surface area contributed by atoms with E-state index in [0.29, 0.717) is 18.1 Å². The van der Waals surface area contributed by atoms with Crippen LogP contribution in [0, 0.1) is 17.8 Å². The standard InChI is InChI=1S/C37H45ClN2O4/c1-3-8-27-20-30-35(37(43)40(36(30)42)28-15-17-39(18-16-28)22-25-9-6-5-7-10-25)31-23-44-33(34(27)31)14-11-24(4-2)19-26-12-13-29(41)21-32(26)38/h5-7,9-10,12-13,19,21,28,30-31,33,35,41H,3-4,8,11,14-18,20,22-23H2,1-2H3/b24-19+/t30-,31+,33-,35-/m1/s1. The van der Waals surface area contributed by atoms with Gasteiger partial charge in [-0.2, -0.15) is 0 Å². The van der Waals surface area contributed by atoms with Crippen molar-refractivity contribution in [1.29, 1.82) is 0 Å². The lowest BCUT2D eigenvalue weighted by Crippen LogP contribution is -2.47. The van der Waals surface area contributed by atoms with Gasteiger partial charge in [-0.05, 0) is 79.8 Å². The lowest BCUT2D eigenvalue weighted by Gasteiger charge is -2.36. The van der Waals surface area contributed by atoms with E-state index in [9.17, 15) is 14.7 Å². The van der Waals surface area contributed by atoms with Crippen LogP contribution in [-0.2, 0) is 20.9 Å². The van der Waals surface area contributed by atoms with E-state index in [1.54, 1.807) is 17.0 Å². The van der Waals surface area contributed by atoms with Gasteiger partial charge in [0.15, 0.2) is 0 Å². The molecule has 0 aromatic heterocycles. The van der Waals surface area contributed by atoms with Gasteiger partial charge in [0.05, 0.1) is 29.6 Å². The Hall–Kier alpha value is -2.93. The van der Waals surface area contributed by atoms with Crippen molar-refractivity contribution >= 4 is 29.5 Å². The van der Waals surface area contributed by atoms with E-state index in [1.165, 1.54) is 22.3 Å². The van der Waals surface area contributed by atoms with Crippen molar-refractivity contribution in [3.8, 4) is 5.75 Å². The molecule has 2 aromatic carbocycles. The summed E-state index contributed by atoms with van der Waals surface area (Å²) in [6.07, 6.45) is 9.04. The molecule has 1 aliphatic carbocycles. The Bertz CT molecular complexity index is 1430. The van der Waals surface area contributed by atoms with Gasteiger partial charge in [0.2, 0.25) is 11.8 Å². The van der Waals surface area contributed by atoms with Crippen molar-refractivity contribution in [1.82, 2.24) is 9.80 Å². The lowest BCUT2D eigenvalue weighted by atomic mass is 9.68. The third-order valence-electron chi connectivity index (χ3n) is 10.3. The molecule has 3 saturated heterocycles. The quantitative estimate of drug-likeness (QED) is 0.222. The Kier molecular flexibility index (Phi) is 9.60. The number of likely N-dealkylation sites (tertiary alicyclic amines) is 2. The van der Waals surface area contributed by atoms with Crippen LogP contribution < -0.4 is 0 Å². The van der Waals surface area contributed by atoms with Crippen LogP contribution in [0.1, 0.15) is 76.3 Å². The van der Waals surface area contributed by atoms with Crippen LogP contribution in [0.3, 0.4) is 0 Å². The van der Waals surface area contributed by atoms with Crippen LogP contribution in [0.25, 0.3) is 6.08 Å². The van der Waals surface area contributed by atoms with Gasteiger partial charge in [-0.3, -0.25) is 19.4 Å². The Morgan fingerprint density at radius 2 is 1.82 bits per heavy atom. The summed E-state index contributed by atoms with van der Waals surface area (Å²) in [5, 5.41) is 10.3. The third kappa shape index (κ3) is 6.27. The van der Waals surface area contributed by atoms with E-state index in [2.05, 4.69) is 49.1 Å². The number of aromatic hydroxyl groups is 1.